The summed E-state index contributed by atoms with van der Waals surface area (Å²) in [4.78, 5) is 11.3. The third-order valence-electron chi connectivity index (χ3n) is 3.64. The topological polar surface area (TPSA) is 82.2 Å². The summed E-state index contributed by atoms with van der Waals surface area (Å²) in [7, 11) is 0. The van der Waals surface area contributed by atoms with Gasteiger partial charge in [-0.05, 0) is 28.8 Å². The van der Waals surface area contributed by atoms with Crippen molar-refractivity contribution in [2.45, 2.75) is 18.9 Å². The molecule has 0 aliphatic carbocycles. The van der Waals surface area contributed by atoms with E-state index in [0.717, 1.165) is 38.4 Å². The molecule has 1 fully saturated rings. The first-order chi connectivity index (χ1) is 8.68. The zero-order chi connectivity index (χ0) is 12.7. The van der Waals surface area contributed by atoms with Crippen LogP contribution in [0.4, 0.5) is 5.82 Å². The maximum absolute atomic E-state index is 11.3. The SMILES string of the molecule is NC(=O)c1nn2c(c1Br)NCCC2C1CCOC1. The normalized spacial score (nSPS) is 26.7. The van der Waals surface area contributed by atoms with Crippen LogP contribution in [-0.2, 0) is 4.74 Å². The van der Waals surface area contributed by atoms with E-state index in [0.29, 0.717) is 16.1 Å². The largest absolute Gasteiger partial charge is 0.381 e. The Balaban J connectivity index is 1.99. The first kappa shape index (κ1) is 12.0. The fraction of sp³-hybridized carbons (Fsp3) is 0.636. The van der Waals surface area contributed by atoms with Crippen LogP contribution in [0.25, 0.3) is 0 Å². The number of anilines is 1. The van der Waals surface area contributed by atoms with Crippen LogP contribution in [0.3, 0.4) is 0 Å². The molecule has 0 spiro atoms. The van der Waals surface area contributed by atoms with Gasteiger partial charge in [0.1, 0.15) is 5.82 Å². The second kappa shape index (κ2) is 4.55. The molecular weight excluding hydrogens is 300 g/mol. The van der Waals surface area contributed by atoms with Crippen molar-refractivity contribution in [2.75, 3.05) is 25.1 Å². The van der Waals surface area contributed by atoms with E-state index in [1.165, 1.54) is 0 Å². The third-order valence-corrected chi connectivity index (χ3v) is 4.39. The smallest absolute Gasteiger partial charge is 0.270 e. The fourth-order valence-corrected chi connectivity index (χ4v) is 3.32. The zero-order valence-corrected chi connectivity index (χ0v) is 11.4. The molecule has 0 aromatic carbocycles. The molecule has 0 saturated carbocycles. The van der Waals surface area contributed by atoms with E-state index in [1.54, 1.807) is 0 Å². The Morgan fingerprint density at radius 2 is 2.39 bits per heavy atom. The van der Waals surface area contributed by atoms with Crippen molar-refractivity contribution < 1.29 is 9.53 Å². The van der Waals surface area contributed by atoms with Crippen molar-refractivity contribution >= 4 is 27.7 Å². The summed E-state index contributed by atoms with van der Waals surface area (Å²) in [6.07, 6.45) is 2.04. The number of carbonyl (C=O) groups is 1. The van der Waals surface area contributed by atoms with Gasteiger partial charge in [-0.25, -0.2) is 4.68 Å². The first-order valence-corrected chi connectivity index (χ1v) is 6.87. The number of amides is 1. The van der Waals surface area contributed by atoms with Gasteiger partial charge >= 0.3 is 0 Å². The molecule has 98 valence electrons. The number of aromatic nitrogens is 2. The molecule has 3 N–H and O–H groups in total. The predicted octanol–water partition coefficient (Wildman–Crippen LogP) is 1.14. The molecular formula is C11H15BrN4O2. The van der Waals surface area contributed by atoms with Gasteiger partial charge in [0, 0.05) is 19.1 Å². The molecule has 2 atom stereocenters. The summed E-state index contributed by atoms with van der Waals surface area (Å²) < 4.78 is 8.01. The predicted molar refractivity (Wildman–Crippen MR) is 69.5 cm³/mol. The Hall–Kier alpha value is -1.08. The number of rotatable bonds is 2. The zero-order valence-electron chi connectivity index (χ0n) is 9.86. The van der Waals surface area contributed by atoms with E-state index in [1.807, 2.05) is 4.68 Å². The van der Waals surface area contributed by atoms with E-state index in [9.17, 15) is 4.79 Å². The Bertz CT molecular complexity index is 482. The molecule has 1 aromatic heterocycles. The van der Waals surface area contributed by atoms with Gasteiger partial charge in [-0.3, -0.25) is 4.79 Å². The van der Waals surface area contributed by atoms with Gasteiger partial charge < -0.3 is 15.8 Å². The molecule has 2 unspecified atom stereocenters. The fourth-order valence-electron chi connectivity index (χ4n) is 2.72. The van der Waals surface area contributed by atoms with Gasteiger partial charge in [-0.1, -0.05) is 0 Å². The molecule has 1 amide bonds. The lowest BCUT2D eigenvalue weighted by Crippen LogP contribution is -2.29. The van der Waals surface area contributed by atoms with Crippen molar-refractivity contribution in [3.8, 4) is 0 Å². The number of nitrogens with zero attached hydrogens (tertiary/aromatic N) is 2. The number of primary amides is 1. The molecule has 2 aliphatic heterocycles. The van der Waals surface area contributed by atoms with Crippen LogP contribution in [0.5, 0.6) is 0 Å². The highest BCUT2D eigenvalue weighted by molar-refractivity contribution is 9.10. The standard InChI is InChI=1S/C11H15BrN4O2/c12-8-9(10(13)17)15-16-7(1-3-14-11(8)16)6-2-4-18-5-6/h6-7,14H,1-5H2,(H2,13,17). The van der Waals surface area contributed by atoms with Crippen LogP contribution < -0.4 is 11.1 Å². The van der Waals surface area contributed by atoms with Crippen molar-refractivity contribution in [1.82, 2.24) is 9.78 Å². The van der Waals surface area contributed by atoms with Crippen LogP contribution in [0.1, 0.15) is 29.4 Å². The number of hydrogen-bond donors (Lipinski definition) is 2. The highest BCUT2D eigenvalue weighted by Crippen LogP contribution is 2.38. The van der Waals surface area contributed by atoms with Crippen LogP contribution >= 0.6 is 15.9 Å². The highest BCUT2D eigenvalue weighted by Gasteiger charge is 2.34. The van der Waals surface area contributed by atoms with E-state index in [2.05, 4.69) is 26.3 Å². The summed E-state index contributed by atoms with van der Waals surface area (Å²) in [5.74, 6) is 0.817. The number of ether oxygens (including phenoxy) is 1. The molecule has 3 rings (SSSR count). The van der Waals surface area contributed by atoms with E-state index in [-0.39, 0.29) is 6.04 Å². The lowest BCUT2D eigenvalue weighted by Gasteiger charge is -2.29. The summed E-state index contributed by atoms with van der Waals surface area (Å²) >= 11 is 3.40. The van der Waals surface area contributed by atoms with Gasteiger partial charge in [0.15, 0.2) is 5.69 Å². The quantitative estimate of drug-likeness (QED) is 0.857. The lowest BCUT2D eigenvalue weighted by molar-refractivity contribution is 0.0993. The number of nitrogens with one attached hydrogen (secondary N) is 1. The van der Waals surface area contributed by atoms with Crippen molar-refractivity contribution in [1.29, 1.82) is 0 Å². The van der Waals surface area contributed by atoms with Gasteiger partial charge in [0.2, 0.25) is 0 Å². The molecule has 0 bridgehead atoms. The van der Waals surface area contributed by atoms with Gasteiger partial charge in [0.05, 0.1) is 17.1 Å². The molecule has 18 heavy (non-hydrogen) atoms. The Labute approximate surface area is 113 Å². The minimum atomic E-state index is -0.507. The van der Waals surface area contributed by atoms with E-state index >= 15 is 0 Å². The molecule has 1 aromatic rings. The second-order valence-corrected chi connectivity index (χ2v) is 5.52. The maximum atomic E-state index is 11.3. The van der Waals surface area contributed by atoms with Crippen molar-refractivity contribution in [2.24, 2.45) is 11.7 Å². The molecule has 0 radical (unpaired) electrons. The number of fused-ring (bicyclic) bond motifs is 1. The number of nitrogens with two attached hydrogens (primary N) is 1. The van der Waals surface area contributed by atoms with Crippen molar-refractivity contribution in [3.63, 3.8) is 0 Å². The van der Waals surface area contributed by atoms with E-state index < -0.39 is 5.91 Å². The maximum Gasteiger partial charge on any atom is 0.270 e. The minimum absolute atomic E-state index is 0.285. The lowest BCUT2D eigenvalue weighted by atomic mass is 9.95. The number of hydrogen-bond acceptors (Lipinski definition) is 4. The summed E-state index contributed by atoms with van der Waals surface area (Å²) in [5.41, 5.74) is 5.62. The minimum Gasteiger partial charge on any atom is -0.381 e. The summed E-state index contributed by atoms with van der Waals surface area (Å²) in [5, 5.41) is 7.62. The Kier molecular flexibility index (Phi) is 3.03. The Morgan fingerprint density at radius 3 is 3.06 bits per heavy atom. The van der Waals surface area contributed by atoms with Crippen molar-refractivity contribution in [3.05, 3.63) is 10.2 Å². The highest BCUT2D eigenvalue weighted by atomic mass is 79.9. The molecule has 6 nitrogen and oxygen atoms in total. The van der Waals surface area contributed by atoms with Crippen LogP contribution in [0.15, 0.2) is 4.47 Å². The molecule has 7 heteroatoms. The summed E-state index contributed by atoms with van der Waals surface area (Å²) in [6, 6.07) is 0.285. The Morgan fingerprint density at radius 1 is 1.56 bits per heavy atom. The molecule has 2 aliphatic rings. The number of halogens is 1. The first-order valence-electron chi connectivity index (χ1n) is 6.08. The van der Waals surface area contributed by atoms with Crippen LogP contribution in [0, 0.1) is 5.92 Å². The monoisotopic (exact) mass is 314 g/mol. The molecule has 3 heterocycles. The van der Waals surface area contributed by atoms with Crippen LogP contribution in [0.2, 0.25) is 0 Å². The van der Waals surface area contributed by atoms with Gasteiger partial charge in [-0.2, -0.15) is 5.10 Å². The molecule has 1 saturated heterocycles. The average Bonchev–Trinajstić information content (AvgIpc) is 2.97. The second-order valence-electron chi connectivity index (χ2n) is 4.73. The van der Waals surface area contributed by atoms with Crippen LogP contribution in [-0.4, -0.2) is 35.4 Å². The average molecular weight is 315 g/mol. The van der Waals surface area contributed by atoms with Gasteiger partial charge in [-0.15, -0.1) is 0 Å². The third kappa shape index (κ3) is 1.81. The summed E-state index contributed by atoms with van der Waals surface area (Å²) in [6.45, 7) is 2.46. The number of carbonyl (C=O) groups excluding carboxylic acids is 1. The van der Waals surface area contributed by atoms with E-state index in [4.69, 9.17) is 10.5 Å². The van der Waals surface area contributed by atoms with Gasteiger partial charge in [0.25, 0.3) is 5.91 Å².